The van der Waals surface area contributed by atoms with Gasteiger partial charge in [-0.15, -0.1) is 0 Å². The van der Waals surface area contributed by atoms with Gasteiger partial charge in [-0.05, 0) is 72.4 Å². The number of fused-ring (bicyclic) bond motifs is 1. The van der Waals surface area contributed by atoms with Gasteiger partial charge in [-0.1, -0.05) is 97.8 Å². The standard InChI is InChI=1S/C39H42ClN3O7S/c1-4-27(25-49-39(46)29-12-6-5-7-13-29)19-18-26(2)24-50-41-37(44)35-31-14-8-9-15-32(31)38(45)43(36(35)28-20-22-30(40)23-21-28)34-17-11-10-16-33(34)42-51(3,47)48/h4-9,12-15,18-23,33-36,42H,1,10-11,16-17,24-25H2,2-3H3,(H,41,44)/b26-18+,27-19+/t33-,34-,35+,36-/m0/s1. The Kier molecular flexibility index (Phi) is 12.6. The summed E-state index contributed by atoms with van der Waals surface area (Å²) in [4.78, 5) is 48.3. The normalized spacial score (nSPS) is 21.1. The second-order valence-corrected chi connectivity index (χ2v) is 15.0. The molecule has 12 heteroatoms. The Hall–Kier alpha value is -4.55. The first-order valence-corrected chi connectivity index (χ1v) is 19.0. The highest BCUT2D eigenvalue weighted by molar-refractivity contribution is 7.88. The molecule has 0 aromatic heterocycles. The van der Waals surface area contributed by atoms with Crippen LogP contribution in [0.2, 0.25) is 5.02 Å². The Balaban J connectivity index is 1.37. The molecule has 1 saturated carbocycles. The predicted molar refractivity (Wildman–Crippen MR) is 196 cm³/mol. The van der Waals surface area contributed by atoms with Crippen molar-refractivity contribution in [3.05, 3.63) is 142 Å². The van der Waals surface area contributed by atoms with Crippen LogP contribution in [-0.2, 0) is 24.4 Å². The van der Waals surface area contributed by atoms with E-state index < -0.39 is 45.9 Å². The molecule has 51 heavy (non-hydrogen) atoms. The van der Waals surface area contributed by atoms with Gasteiger partial charge >= 0.3 is 5.97 Å². The van der Waals surface area contributed by atoms with E-state index in [0.717, 1.165) is 24.7 Å². The van der Waals surface area contributed by atoms with E-state index in [1.165, 1.54) is 0 Å². The number of carbonyl (C=O) groups is 3. The second-order valence-electron chi connectivity index (χ2n) is 12.8. The van der Waals surface area contributed by atoms with Gasteiger partial charge in [0.2, 0.25) is 10.0 Å². The quantitative estimate of drug-likeness (QED) is 0.118. The minimum atomic E-state index is -3.58. The van der Waals surface area contributed by atoms with Crippen LogP contribution in [0.3, 0.4) is 0 Å². The number of amides is 2. The van der Waals surface area contributed by atoms with E-state index in [4.69, 9.17) is 21.2 Å². The van der Waals surface area contributed by atoms with Gasteiger partial charge in [-0.25, -0.2) is 23.4 Å². The summed E-state index contributed by atoms with van der Waals surface area (Å²) in [7, 11) is -3.58. The molecule has 2 aliphatic rings. The number of ether oxygens (including phenoxy) is 1. The van der Waals surface area contributed by atoms with E-state index in [1.807, 2.05) is 13.0 Å². The number of halogens is 1. The molecule has 0 bridgehead atoms. The zero-order valence-electron chi connectivity index (χ0n) is 28.6. The molecule has 1 fully saturated rings. The fourth-order valence-electron chi connectivity index (χ4n) is 6.63. The molecule has 2 N–H and O–H groups in total. The Morgan fingerprint density at radius 1 is 0.961 bits per heavy atom. The summed E-state index contributed by atoms with van der Waals surface area (Å²) in [6.45, 7) is 5.70. The third-order valence-corrected chi connectivity index (χ3v) is 10.0. The van der Waals surface area contributed by atoms with Crippen molar-refractivity contribution >= 4 is 39.4 Å². The van der Waals surface area contributed by atoms with E-state index in [9.17, 15) is 22.8 Å². The lowest BCUT2D eigenvalue weighted by atomic mass is 9.76. The lowest BCUT2D eigenvalue weighted by Gasteiger charge is -2.49. The van der Waals surface area contributed by atoms with E-state index >= 15 is 0 Å². The van der Waals surface area contributed by atoms with Crippen LogP contribution >= 0.6 is 11.6 Å². The molecule has 5 rings (SSSR count). The van der Waals surface area contributed by atoms with Gasteiger partial charge in [0.1, 0.15) is 6.61 Å². The van der Waals surface area contributed by atoms with Gasteiger partial charge in [-0.3, -0.25) is 14.4 Å². The largest absolute Gasteiger partial charge is 0.457 e. The molecule has 0 saturated heterocycles. The number of esters is 1. The van der Waals surface area contributed by atoms with Crippen LogP contribution < -0.4 is 10.2 Å². The maximum atomic E-state index is 14.4. The third kappa shape index (κ3) is 9.62. The second kappa shape index (κ2) is 17.1. The maximum absolute atomic E-state index is 14.4. The summed E-state index contributed by atoms with van der Waals surface area (Å²) in [6.07, 6.45) is 8.97. The number of benzene rings is 3. The van der Waals surface area contributed by atoms with E-state index in [1.54, 1.807) is 95.9 Å². The van der Waals surface area contributed by atoms with Crippen molar-refractivity contribution < 1.29 is 32.4 Å². The van der Waals surface area contributed by atoms with Crippen molar-refractivity contribution in [1.29, 1.82) is 0 Å². The molecular formula is C39H42ClN3O7S. The van der Waals surface area contributed by atoms with Gasteiger partial charge in [-0.2, -0.15) is 0 Å². The van der Waals surface area contributed by atoms with Crippen molar-refractivity contribution in [2.24, 2.45) is 0 Å². The summed E-state index contributed by atoms with van der Waals surface area (Å²) >= 11 is 6.26. The molecule has 4 atom stereocenters. The number of hydrogen-bond donors (Lipinski definition) is 2. The molecular weight excluding hydrogens is 690 g/mol. The average Bonchev–Trinajstić information content (AvgIpc) is 3.12. The Morgan fingerprint density at radius 2 is 1.65 bits per heavy atom. The number of hydrogen-bond acceptors (Lipinski definition) is 7. The molecule has 0 spiro atoms. The van der Waals surface area contributed by atoms with Crippen LogP contribution in [0.4, 0.5) is 0 Å². The topological polar surface area (TPSA) is 131 Å². The minimum absolute atomic E-state index is 0.0303. The smallest absolute Gasteiger partial charge is 0.338 e. The number of sulfonamides is 1. The Labute approximate surface area is 304 Å². The van der Waals surface area contributed by atoms with Crippen LogP contribution in [0, 0.1) is 0 Å². The zero-order chi connectivity index (χ0) is 36.5. The molecule has 3 aromatic rings. The van der Waals surface area contributed by atoms with Gasteiger partial charge < -0.3 is 9.64 Å². The highest BCUT2D eigenvalue weighted by Crippen LogP contribution is 2.46. The monoisotopic (exact) mass is 731 g/mol. The van der Waals surface area contributed by atoms with Crippen molar-refractivity contribution in [2.45, 2.75) is 56.7 Å². The van der Waals surface area contributed by atoms with Crippen LogP contribution in [0.5, 0.6) is 0 Å². The van der Waals surface area contributed by atoms with Crippen LogP contribution in [0.1, 0.15) is 76.4 Å². The lowest BCUT2D eigenvalue weighted by Crippen LogP contribution is -2.59. The van der Waals surface area contributed by atoms with Crippen LogP contribution in [-0.4, -0.2) is 62.7 Å². The molecule has 2 amide bonds. The van der Waals surface area contributed by atoms with E-state index in [0.29, 0.717) is 45.7 Å². The maximum Gasteiger partial charge on any atom is 0.338 e. The number of allylic oxidation sites excluding steroid dienone is 2. The van der Waals surface area contributed by atoms with Gasteiger partial charge in [0.25, 0.3) is 11.8 Å². The first kappa shape index (κ1) is 37.7. The van der Waals surface area contributed by atoms with E-state index in [-0.39, 0.29) is 19.1 Å². The molecule has 1 aliphatic carbocycles. The number of nitrogens with zero attached hydrogens (tertiary/aromatic N) is 1. The third-order valence-electron chi connectivity index (χ3n) is 9.02. The van der Waals surface area contributed by atoms with Crippen molar-refractivity contribution in [1.82, 2.24) is 15.1 Å². The molecule has 0 radical (unpaired) electrons. The Morgan fingerprint density at radius 3 is 2.35 bits per heavy atom. The van der Waals surface area contributed by atoms with Gasteiger partial charge in [0.15, 0.2) is 0 Å². The molecule has 1 aliphatic heterocycles. The summed E-state index contributed by atoms with van der Waals surface area (Å²) in [5.41, 5.74) is 6.09. The van der Waals surface area contributed by atoms with E-state index in [2.05, 4.69) is 16.8 Å². The minimum Gasteiger partial charge on any atom is -0.457 e. The molecule has 10 nitrogen and oxygen atoms in total. The van der Waals surface area contributed by atoms with Crippen LogP contribution in [0.25, 0.3) is 0 Å². The van der Waals surface area contributed by atoms with Crippen LogP contribution in [0.15, 0.2) is 115 Å². The summed E-state index contributed by atoms with van der Waals surface area (Å²) in [6, 6.07) is 20.9. The number of nitrogens with one attached hydrogen (secondary N) is 2. The number of hydroxylamine groups is 1. The summed E-state index contributed by atoms with van der Waals surface area (Å²) in [5, 5.41) is 0.497. The highest BCUT2D eigenvalue weighted by Gasteiger charge is 2.49. The fourth-order valence-corrected chi connectivity index (χ4v) is 7.58. The highest BCUT2D eigenvalue weighted by atomic mass is 35.5. The summed E-state index contributed by atoms with van der Waals surface area (Å²) in [5.74, 6) is -2.08. The summed E-state index contributed by atoms with van der Waals surface area (Å²) < 4.78 is 33.0. The van der Waals surface area contributed by atoms with Gasteiger partial charge in [0, 0.05) is 22.7 Å². The van der Waals surface area contributed by atoms with Crippen molar-refractivity contribution in [3.8, 4) is 0 Å². The molecule has 268 valence electrons. The van der Waals surface area contributed by atoms with Gasteiger partial charge in [0.05, 0.1) is 30.4 Å². The molecule has 1 heterocycles. The first-order valence-electron chi connectivity index (χ1n) is 16.7. The molecule has 0 unspecified atom stereocenters. The van der Waals surface area contributed by atoms with Crippen molar-refractivity contribution in [2.75, 3.05) is 19.5 Å². The predicted octanol–water partition coefficient (Wildman–Crippen LogP) is 6.44. The molecule has 3 aromatic carbocycles. The number of rotatable bonds is 13. The Bertz CT molecular complexity index is 1910. The lowest BCUT2D eigenvalue weighted by molar-refractivity contribution is -0.136. The fraction of sp³-hybridized carbons (Fsp3) is 0.308. The average molecular weight is 732 g/mol. The SMILES string of the molecule is C=C/C(=C\C=C(/C)CONC(=O)[C@@H]1c2ccccc2C(=O)N([C@H]2CCCC[C@@H]2NS(C)(=O)=O)[C@H]1c1ccc(Cl)cc1)COC(=O)c1ccccc1. The first-order chi connectivity index (χ1) is 24.5. The number of carbonyl (C=O) groups excluding carboxylic acids is 3. The zero-order valence-corrected chi connectivity index (χ0v) is 30.2. The van der Waals surface area contributed by atoms with Crippen molar-refractivity contribution in [3.63, 3.8) is 0 Å².